The second kappa shape index (κ2) is 11.7. The summed E-state index contributed by atoms with van der Waals surface area (Å²) >= 11 is 0. The highest BCUT2D eigenvalue weighted by molar-refractivity contribution is 5.85. The molecule has 0 aliphatic rings. The Kier molecular flexibility index (Phi) is 9.06. The normalized spacial score (nSPS) is 9.81. The van der Waals surface area contributed by atoms with Gasteiger partial charge in [-0.3, -0.25) is 4.98 Å². The van der Waals surface area contributed by atoms with Crippen LogP contribution in [-0.2, 0) is 6.54 Å². The first-order valence-corrected chi connectivity index (χ1v) is 9.08. The Morgan fingerprint density at radius 2 is 1.03 bits per heavy atom. The minimum atomic E-state index is -0.338. The number of halogens is 4. The number of rotatable bonds is 7. The molecule has 166 valence electrons. The van der Waals surface area contributed by atoms with Crippen molar-refractivity contribution in [2.75, 3.05) is 16.0 Å². The summed E-state index contributed by atoms with van der Waals surface area (Å²) < 4.78 is 26.3. The summed E-state index contributed by atoms with van der Waals surface area (Å²) in [6.07, 6.45) is 3.40. The molecule has 2 aromatic carbocycles. The first-order chi connectivity index (χ1) is 14.6. The van der Waals surface area contributed by atoms with Crippen LogP contribution >= 0.6 is 24.8 Å². The Balaban J connectivity index is 0.00000181. The van der Waals surface area contributed by atoms with Gasteiger partial charge in [-0.15, -0.1) is 24.8 Å². The van der Waals surface area contributed by atoms with E-state index in [-0.39, 0.29) is 48.3 Å². The van der Waals surface area contributed by atoms with E-state index in [1.165, 1.54) is 24.3 Å². The van der Waals surface area contributed by atoms with Gasteiger partial charge < -0.3 is 16.0 Å². The average Bonchev–Trinajstić information content (AvgIpc) is 2.76. The van der Waals surface area contributed by atoms with Crippen molar-refractivity contribution in [3.63, 3.8) is 0 Å². The third-order valence-corrected chi connectivity index (χ3v) is 4.04. The van der Waals surface area contributed by atoms with E-state index in [4.69, 9.17) is 0 Å². The zero-order valence-electron chi connectivity index (χ0n) is 16.5. The fraction of sp³-hybridized carbons (Fsp3) is 0.0476. The largest absolute Gasteiger partial charge is 0.350 e. The molecule has 11 heteroatoms. The van der Waals surface area contributed by atoms with Crippen LogP contribution in [-0.4, -0.2) is 19.9 Å². The lowest BCUT2D eigenvalue weighted by atomic mass is 10.3. The van der Waals surface area contributed by atoms with Gasteiger partial charge in [0.25, 0.3) is 0 Å². The molecule has 0 amide bonds. The molecule has 0 fully saturated rings. The van der Waals surface area contributed by atoms with Gasteiger partial charge in [-0.1, -0.05) is 0 Å². The Morgan fingerprint density at radius 3 is 1.50 bits per heavy atom. The van der Waals surface area contributed by atoms with Crippen LogP contribution in [0.3, 0.4) is 0 Å². The van der Waals surface area contributed by atoms with Gasteiger partial charge in [0, 0.05) is 30.3 Å². The first kappa shape index (κ1) is 24.7. The molecule has 7 nitrogen and oxygen atoms in total. The summed E-state index contributed by atoms with van der Waals surface area (Å²) in [6, 6.07) is 15.4. The van der Waals surface area contributed by atoms with E-state index in [9.17, 15) is 8.78 Å². The van der Waals surface area contributed by atoms with Crippen LogP contribution < -0.4 is 16.0 Å². The molecular weight excluding hydrogens is 459 g/mol. The van der Waals surface area contributed by atoms with Gasteiger partial charge in [0.15, 0.2) is 0 Å². The topological polar surface area (TPSA) is 87.7 Å². The van der Waals surface area contributed by atoms with Crippen molar-refractivity contribution in [1.29, 1.82) is 0 Å². The van der Waals surface area contributed by atoms with Gasteiger partial charge in [0.05, 0.1) is 0 Å². The molecule has 0 saturated heterocycles. The number of nitrogens with zero attached hydrogens (tertiary/aromatic N) is 4. The van der Waals surface area contributed by atoms with Crippen molar-refractivity contribution < 1.29 is 8.78 Å². The van der Waals surface area contributed by atoms with Gasteiger partial charge in [-0.25, -0.2) is 8.78 Å². The summed E-state index contributed by atoms with van der Waals surface area (Å²) in [5.74, 6) is 0.178. The molecule has 32 heavy (non-hydrogen) atoms. The summed E-state index contributed by atoms with van der Waals surface area (Å²) in [6.45, 7) is 0.485. The lowest BCUT2D eigenvalue weighted by Gasteiger charge is -2.11. The molecule has 0 unspecified atom stereocenters. The maximum Gasteiger partial charge on any atom is 0.233 e. The second-order valence-corrected chi connectivity index (χ2v) is 6.28. The maximum absolute atomic E-state index is 13.2. The van der Waals surface area contributed by atoms with Gasteiger partial charge >= 0.3 is 0 Å². The van der Waals surface area contributed by atoms with E-state index in [2.05, 4.69) is 35.9 Å². The molecule has 0 spiro atoms. The molecule has 0 bridgehead atoms. The molecule has 0 aliphatic carbocycles. The van der Waals surface area contributed by atoms with Crippen LogP contribution in [0.1, 0.15) is 5.56 Å². The van der Waals surface area contributed by atoms with Gasteiger partial charge in [0.2, 0.25) is 17.8 Å². The average molecular weight is 478 g/mol. The van der Waals surface area contributed by atoms with Gasteiger partial charge in [-0.2, -0.15) is 15.0 Å². The first-order valence-electron chi connectivity index (χ1n) is 9.08. The second-order valence-electron chi connectivity index (χ2n) is 6.28. The monoisotopic (exact) mass is 477 g/mol. The number of anilines is 5. The molecule has 4 aromatic rings. The highest BCUT2D eigenvalue weighted by atomic mass is 35.5. The van der Waals surface area contributed by atoms with E-state index >= 15 is 0 Å². The predicted molar refractivity (Wildman–Crippen MR) is 125 cm³/mol. The Morgan fingerprint density at radius 1 is 0.594 bits per heavy atom. The number of hydrogen-bond acceptors (Lipinski definition) is 7. The molecular formula is C21H19Cl2F2N7. The summed E-state index contributed by atoms with van der Waals surface area (Å²) in [4.78, 5) is 17.1. The van der Waals surface area contributed by atoms with Crippen molar-refractivity contribution in [2.45, 2.75) is 6.54 Å². The quantitative estimate of drug-likeness (QED) is 0.324. The van der Waals surface area contributed by atoms with Crippen molar-refractivity contribution in [2.24, 2.45) is 0 Å². The van der Waals surface area contributed by atoms with E-state index in [0.717, 1.165) is 5.56 Å². The molecule has 3 N–H and O–H groups in total. The fourth-order valence-corrected chi connectivity index (χ4v) is 2.57. The standard InChI is InChI=1S/C21H17F2N7.2ClH/c22-15-1-5-17(6-2-15)26-20-28-19(25-13-14-9-11-24-12-10-14)29-21(30-20)27-18-7-3-16(23)4-8-18;;/h1-12H,13H2,(H3,25,26,27,28,29,30);2*1H. The lowest BCUT2D eigenvalue weighted by Crippen LogP contribution is -2.09. The zero-order valence-corrected chi connectivity index (χ0v) is 18.1. The lowest BCUT2D eigenvalue weighted by molar-refractivity contribution is 0.627. The highest BCUT2D eigenvalue weighted by Gasteiger charge is 2.08. The predicted octanol–water partition coefficient (Wildman–Crippen LogP) is 5.49. The Bertz CT molecular complexity index is 1050. The SMILES string of the molecule is Cl.Cl.Fc1ccc(Nc2nc(NCc3ccncc3)nc(Nc3ccc(F)cc3)n2)cc1. The van der Waals surface area contributed by atoms with Crippen molar-refractivity contribution >= 4 is 54.0 Å². The molecule has 0 saturated carbocycles. The third kappa shape index (κ3) is 7.00. The van der Waals surface area contributed by atoms with E-state index in [1.54, 1.807) is 36.7 Å². The van der Waals surface area contributed by atoms with Crippen LogP contribution in [0.25, 0.3) is 0 Å². The van der Waals surface area contributed by atoms with E-state index < -0.39 is 0 Å². The number of benzene rings is 2. The molecule has 0 atom stereocenters. The van der Waals surface area contributed by atoms with E-state index in [0.29, 0.717) is 23.9 Å². The molecule has 2 aromatic heterocycles. The number of pyridine rings is 1. The Hall–Kier alpha value is -3.56. The van der Waals surface area contributed by atoms with Crippen LogP contribution in [0.5, 0.6) is 0 Å². The molecule has 0 aliphatic heterocycles. The Labute approximate surface area is 195 Å². The highest BCUT2D eigenvalue weighted by Crippen LogP contribution is 2.19. The summed E-state index contributed by atoms with van der Waals surface area (Å²) in [7, 11) is 0. The molecule has 4 rings (SSSR count). The number of hydrogen-bond donors (Lipinski definition) is 3. The zero-order chi connectivity index (χ0) is 20.8. The van der Waals surface area contributed by atoms with E-state index in [1.807, 2.05) is 12.1 Å². The number of aromatic nitrogens is 4. The third-order valence-electron chi connectivity index (χ3n) is 4.04. The minimum absolute atomic E-state index is 0. The molecule has 2 heterocycles. The fourth-order valence-electron chi connectivity index (χ4n) is 2.57. The number of nitrogens with one attached hydrogen (secondary N) is 3. The van der Waals surface area contributed by atoms with Crippen molar-refractivity contribution in [3.05, 3.63) is 90.3 Å². The van der Waals surface area contributed by atoms with Crippen molar-refractivity contribution in [1.82, 2.24) is 19.9 Å². The summed E-state index contributed by atoms with van der Waals surface area (Å²) in [5.41, 5.74) is 2.25. The van der Waals surface area contributed by atoms with Crippen LogP contribution in [0.4, 0.5) is 38.0 Å². The van der Waals surface area contributed by atoms with Crippen LogP contribution in [0, 0.1) is 11.6 Å². The summed E-state index contributed by atoms with van der Waals surface area (Å²) in [5, 5.41) is 9.19. The van der Waals surface area contributed by atoms with Gasteiger partial charge in [-0.05, 0) is 66.2 Å². The maximum atomic E-state index is 13.2. The molecule has 0 radical (unpaired) electrons. The van der Waals surface area contributed by atoms with Crippen molar-refractivity contribution in [3.8, 4) is 0 Å². The van der Waals surface area contributed by atoms with Crippen LogP contribution in [0.15, 0.2) is 73.1 Å². The minimum Gasteiger partial charge on any atom is -0.350 e. The smallest absolute Gasteiger partial charge is 0.233 e. The van der Waals surface area contributed by atoms with Crippen LogP contribution in [0.2, 0.25) is 0 Å². The van der Waals surface area contributed by atoms with Gasteiger partial charge in [0.1, 0.15) is 11.6 Å².